The number of non-ortho nitro benzene ring substituents is 1. The SMILES string of the molecule is O=[N+]([O-])c1cc(O)c(N=N/C(=N\Nc2ccccc2)c2ccccc2)c([N+](=O)[O-])c1. The predicted octanol–water partition coefficient (Wildman–Crippen LogP) is 4.77. The molecule has 3 rings (SSSR count). The van der Waals surface area contributed by atoms with Gasteiger partial charge in [0.05, 0.1) is 27.7 Å². The molecular weight excluding hydrogens is 392 g/mol. The molecule has 0 saturated carbocycles. The quantitative estimate of drug-likeness (QED) is 0.197. The van der Waals surface area contributed by atoms with Crippen LogP contribution in [0.5, 0.6) is 5.75 Å². The van der Waals surface area contributed by atoms with Gasteiger partial charge in [-0.3, -0.25) is 25.7 Å². The average Bonchev–Trinajstić information content (AvgIpc) is 2.75. The van der Waals surface area contributed by atoms with Gasteiger partial charge in [0.2, 0.25) is 11.5 Å². The molecule has 0 bridgehead atoms. The highest BCUT2D eigenvalue weighted by molar-refractivity contribution is 5.99. The minimum absolute atomic E-state index is 0.0755. The summed E-state index contributed by atoms with van der Waals surface area (Å²) in [5, 5.41) is 44.1. The van der Waals surface area contributed by atoms with Crippen LogP contribution in [0.15, 0.2) is 88.1 Å². The number of hydrazone groups is 1. The minimum Gasteiger partial charge on any atom is -0.505 e. The van der Waals surface area contributed by atoms with Gasteiger partial charge in [-0.15, -0.1) is 10.2 Å². The number of nitrogens with zero attached hydrogens (tertiary/aromatic N) is 5. The molecule has 11 heteroatoms. The zero-order valence-electron chi connectivity index (χ0n) is 15.2. The molecule has 0 saturated heterocycles. The summed E-state index contributed by atoms with van der Waals surface area (Å²) < 4.78 is 0. The number of azo groups is 1. The lowest BCUT2D eigenvalue weighted by molar-refractivity contribution is -0.393. The van der Waals surface area contributed by atoms with Crippen LogP contribution in [0.1, 0.15) is 5.56 Å². The first-order chi connectivity index (χ1) is 14.5. The van der Waals surface area contributed by atoms with Gasteiger partial charge in [0.1, 0.15) is 0 Å². The highest BCUT2D eigenvalue weighted by Crippen LogP contribution is 2.40. The van der Waals surface area contributed by atoms with Gasteiger partial charge in [0.25, 0.3) is 5.69 Å². The number of phenols is 1. The number of hydrogen-bond acceptors (Lipinski definition) is 8. The van der Waals surface area contributed by atoms with Crippen LogP contribution in [0.2, 0.25) is 0 Å². The molecule has 11 nitrogen and oxygen atoms in total. The van der Waals surface area contributed by atoms with Crippen LogP contribution in [0, 0.1) is 20.2 Å². The summed E-state index contributed by atoms with van der Waals surface area (Å²) in [7, 11) is 0. The van der Waals surface area contributed by atoms with Crippen LogP contribution in [0.3, 0.4) is 0 Å². The molecule has 0 fully saturated rings. The second-order valence-electron chi connectivity index (χ2n) is 5.83. The summed E-state index contributed by atoms with van der Waals surface area (Å²) in [6, 6.07) is 19.1. The first-order valence-corrected chi connectivity index (χ1v) is 8.47. The lowest BCUT2D eigenvalue weighted by Crippen LogP contribution is -2.01. The minimum atomic E-state index is -0.886. The fourth-order valence-corrected chi connectivity index (χ4v) is 2.40. The van der Waals surface area contributed by atoms with Crippen LogP contribution in [-0.4, -0.2) is 20.8 Å². The van der Waals surface area contributed by atoms with E-state index in [2.05, 4.69) is 20.8 Å². The first-order valence-electron chi connectivity index (χ1n) is 8.47. The maximum Gasteiger partial charge on any atom is 0.307 e. The fourth-order valence-electron chi connectivity index (χ4n) is 2.40. The normalized spacial score (nSPS) is 11.4. The molecule has 0 amide bonds. The molecule has 0 radical (unpaired) electrons. The Morgan fingerprint density at radius 2 is 1.53 bits per heavy atom. The number of nitro groups is 2. The Morgan fingerprint density at radius 3 is 2.13 bits per heavy atom. The van der Waals surface area contributed by atoms with Crippen molar-refractivity contribution in [3.05, 3.63) is 98.6 Å². The highest BCUT2D eigenvalue weighted by Gasteiger charge is 2.24. The van der Waals surface area contributed by atoms with Crippen LogP contribution in [0.25, 0.3) is 0 Å². The summed E-state index contributed by atoms with van der Waals surface area (Å²) in [6.45, 7) is 0. The Kier molecular flexibility index (Phi) is 6.03. The number of anilines is 1. The molecule has 30 heavy (non-hydrogen) atoms. The van der Waals surface area contributed by atoms with E-state index in [0.29, 0.717) is 17.3 Å². The Hall–Kier alpha value is -4.67. The van der Waals surface area contributed by atoms with E-state index in [1.54, 1.807) is 54.6 Å². The van der Waals surface area contributed by atoms with Crippen molar-refractivity contribution in [3.63, 3.8) is 0 Å². The number of phenolic OH excluding ortho intramolecular Hbond substituents is 1. The molecule has 0 unspecified atom stereocenters. The lowest BCUT2D eigenvalue weighted by atomic mass is 10.2. The molecule has 150 valence electrons. The molecule has 0 spiro atoms. The van der Waals surface area contributed by atoms with E-state index in [0.717, 1.165) is 6.07 Å². The van der Waals surface area contributed by atoms with E-state index in [1.165, 1.54) is 0 Å². The highest BCUT2D eigenvalue weighted by atomic mass is 16.6. The molecule has 3 aromatic carbocycles. The van der Waals surface area contributed by atoms with Gasteiger partial charge in [0, 0.05) is 5.56 Å². The summed E-state index contributed by atoms with van der Waals surface area (Å²) in [5.41, 5.74) is 2.11. The Balaban J connectivity index is 2.02. The number of nitrogens with one attached hydrogen (secondary N) is 1. The van der Waals surface area contributed by atoms with Gasteiger partial charge in [-0.1, -0.05) is 48.5 Å². The van der Waals surface area contributed by atoms with E-state index in [1.807, 2.05) is 6.07 Å². The van der Waals surface area contributed by atoms with Gasteiger partial charge >= 0.3 is 5.69 Å². The van der Waals surface area contributed by atoms with Crippen LogP contribution < -0.4 is 5.43 Å². The third-order valence-corrected chi connectivity index (χ3v) is 3.80. The van der Waals surface area contributed by atoms with E-state index < -0.39 is 32.7 Å². The largest absolute Gasteiger partial charge is 0.505 e. The Labute approximate surface area is 169 Å². The number of benzene rings is 3. The second kappa shape index (κ2) is 9.01. The third-order valence-electron chi connectivity index (χ3n) is 3.80. The third kappa shape index (κ3) is 4.78. The molecular formula is C19H14N6O5. The van der Waals surface area contributed by atoms with Crippen molar-refractivity contribution in [2.75, 3.05) is 5.43 Å². The van der Waals surface area contributed by atoms with Gasteiger partial charge in [0.15, 0.2) is 5.75 Å². The van der Waals surface area contributed by atoms with E-state index in [-0.39, 0.29) is 5.84 Å². The predicted molar refractivity (Wildman–Crippen MR) is 109 cm³/mol. The van der Waals surface area contributed by atoms with Gasteiger partial charge in [-0.05, 0) is 12.1 Å². The monoisotopic (exact) mass is 406 g/mol. The summed E-state index contributed by atoms with van der Waals surface area (Å²) in [6.07, 6.45) is 0. The van der Waals surface area contributed by atoms with Gasteiger partial charge in [-0.2, -0.15) is 5.10 Å². The number of amidine groups is 1. The summed E-state index contributed by atoms with van der Waals surface area (Å²) >= 11 is 0. The molecule has 0 aliphatic heterocycles. The summed E-state index contributed by atoms with van der Waals surface area (Å²) in [4.78, 5) is 20.5. The van der Waals surface area contributed by atoms with Gasteiger partial charge in [-0.25, -0.2) is 0 Å². The van der Waals surface area contributed by atoms with Crippen molar-refractivity contribution < 1.29 is 15.0 Å². The van der Waals surface area contributed by atoms with Crippen LogP contribution in [-0.2, 0) is 0 Å². The topological polar surface area (TPSA) is 156 Å². The molecule has 2 N–H and O–H groups in total. The molecule has 0 aliphatic carbocycles. The van der Waals surface area contributed by atoms with Crippen molar-refractivity contribution in [1.29, 1.82) is 0 Å². The smallest absolute Gasteiger partial charge is 0.307 e. The van der Waals surface area contributed by atoms with Crippen molar-refractivity contribution in [2.24, 2.45) is 15.3 Å². The second-order valence-corrected chi connectivity index (χ2v) is 5.83. The number of nitro benzene ring substituents is 2. The molecule has 3 aromatic rings. The number of para-hydroxylation sites is 1. The van der Waals surface area contributed by atoms with E-state index >= 15 is 0 Å². The van der Waals surface area contributed by atoms with Crippen LogP contribution >= 0.6 is 0 Å². The number of hydrogen-bond donors (Lipinski definition) is 2. The lowest BCUT2D eigenvalue weighted by Gasteiger charge is -2.04. The van der Waals surface area contributed by atoms with Crippen molar-refractivity contribution in [3.8, 4) is 5.75 Å². The van der Waals surface area contributed by atoms with Crippen molar-refractivity contribution in [2.45, 2.75) is 0 Å². The maximum absolute atomic E-state index is 11.3. The first kappa shape index (κ1) is 20.1. The average molecular weight is 406 g/mol. The Morgan fingerprint density at radius 1 is 0.900 bits per heavy atom. The molecule has 0 atom stereocenters. The van der Waals surface area contributed by atoms with Crippen LogP contribution in [0.4, 0.5) is 22.7 Å². The Bertz CT molecular complexity index is 1130. The van der Waals surface area contributed by atoms with Crippen molar-refractivity contribution >= 4 is 28.6 Å². The zero-order valence-corrected chi connectivity index (χ0v) is 15.2. The molecule has 0 heterocycles. The van der Waals surface area contributed by atoms with E-state index in [4.69, 9.17) is 0 Å². The maximum atomic E-state index is 11.3. The zero-order chi connectivity index (χ0) is 21.5. The fraction of sp³-hybridized carbons (Fsp3) is 0. The molecule has 0 aromatic heterocycles. The molecule has 0 aliphatic rings. The van der Waals surface area contributed by atoms with Gasteiger partial charge < -0.3 is 5.11 Å². The number of rotatable bonds is 6. The number of aromatic hydroxyl groups is 1. The summed E-state index contributed by atoms with van der Waals surface area (Å²) in [5.74, 6) is -0.672. The van der Waals surface area contributed by atoms with E-state index in [9.17, 15) is 25.3 Å². The van der Waals surface area contributed by atoms with Crippen molar-refractivity contribution in [1.82, 2.24) is 0 Å². The standard InChI is InChI=1S/C19H14N6O5/c26-17-12-15(24(27)28)11-16(25(29)30)18(17)21-23-19(13-7-3-1-4-8-13)22-20-14-9-5-2-6-10-14/h1-12,20,26H/b22-19-,23-21?.